The Kier molecular flexibility index (Phi) is 5.58. The predicted molar refractivity (Wildman–Crippen MR) is 73.2 cm³/mol. The summed E-state index contributed by atoms with van der Waals surface area (Å²) in [6.45, 7) is 10.1. The number of hydrogen-bond acceptors (Lipinski definition) is 3. The van der Waals surface area contributed by atoms with Crippen molar-refractivity contribution in [3.63, 3.8) is 0 Å². The number of aryl methyl sites for hydroxylation is 1. The Morgan fingerprint density at radius 1 is 1.65 bits per heavy atom. The van der Waals surface area contributed by atoms with Crippen molar-refractivity contribution in [2.45, 2.75) is 26.8 Å². The highest BCUT2D eigenvalue weighted by Gasteiger charge is 2.06. The normalized spacial score (nSPS) is 10.5. The van der Waals surface area contributed by atoms with Crippen molar-refractivity contribution in [1.82, 2.24) is 14.9 Å². The highest BCUT2D eigenvalue weighted by molar-refractivity contribution is 9.10. The van der Waals surface area contributed by atoms with Crippen LogP contribution in [0.1, 0.15) is 19.2 Å². The highest BCUT2D eigenvalue weighted by atomic mass is 79.9. The molecule has 0 aromatic carbocycles. The first kappa shape index (κ1) is 14.1. The second-order valence-electron chi connectivity index (χ2n) is 3.97. The van der Waals surface area contributed by atoms with Crippen LogP contribution in [0.5, 0.6) is 0 Å². The lowest BCUT2D eigenvalue weighted by Gasteiger charge is -2.12. The van der Waals surface area contributed by atoms with Crippen LogP contribution in [0, 0.1) is 6.92 Å². The van der Waals surface area contributed by atoms with Crippen LogP contribution in [-0.2, 0) is 6.54 Å². The van der Waals surface area contributed by atoms with Gasteiger partial charge in [-0.2, -0.15) is 0 Å². The number of nitrogens with zero attached hydrogens (tertiary/aromatic N) is 2. The van der Waals surface area contributed by atoms with Gasteiger partial charge >= 0.3 is 0 Å². The molecule has 0 aliphatic heterocycles. The molecule has 0 fully saturated rings. The van der Waals surface area contributed by atoms with E-state index < -0.39 is 0 Å². The predicted octanol–water partition coefficient (Wildman–Crippen LogP) is 1.87. The maximum atomic E-state index is 11.9. The lowest BCUT2D eigenvalue weighted by molar-refractivity contribution is 0.640. The zero-order chi connectivity index (χ0) is 12.8. The summed E-state index contributed by atoms with van der Waals surface area (Å²) in [6.07, 6.45) is 2.62. The molecule has 94 valence electrons. The van der Waals surface area contributed by atoms with Gasteiger partial charge in [0.25, 0.3) is 5.56 Å². The first-order chi connectivity index (χ1) is 8.06. The monoisotopic (exact) mass is 299 g/mol. The second kappa shape index (κ2) is 6.71. The maximum absolute atomic E-state index is 11.9. The van der Waals surface area contributed by atoms with Crippen molar-refractivity contribution in [2.24, 2.45) is 0 Å². The number of halogens is 1. The standard InChI is InChI=1S/C12H18BrN3O/c1-4-5-14-6-9(2)8-16-10(3)15-7-11(13)12(16)17/h7,14H,2,4-6,8H2,1,3H3. The minimum absolute atomic E-state index is 0.0610. The van der Waals surface area contributed by atoms with Crippen molar-refractivity contribution in [3.05, 3.63) is 39.0 Å². The lowest BCUT2D eigenvalue weighted by atomic mass is 10.3. The number of nitrogens with one attached hydrogen (secondary N) is 1. The van der Waals surface area contributed by atoms with Gasteiger partial charge in [0.1, 0.15) is 10.3 Å². The largest absolute Gasteiger partial charge is 0.313 e. The third kappa shape index (κ3) is 4.09. The van der Waals surface area contributed by atoms with Crippen molar-refractivity contribution >= 4 is 15.9 Å². The molecule has 1 heterocycles. The Morgan fingerprint density at radius 2 is 2.35 bits per heavy atom. The van der Waals surface area contributed by atoms with Crippen molar-refractivity contribution in [1.29, 1.82) is 0 Å². The molecule has 1 N–H and O–H groups in total. The van der Waals surface area contributed by atoms with Gasteiger partial charge in [-0.1, -0.05) is 13.5 Å². The van der Waals surface area contributed by atoms with Gasteiger partial charge in [0.05, 0.1) is 0 Å². The van der Waals surface area contributed by atoms with Crippen LogP contribution in [0.2, 0.25) is 0 Å². The van der Waals surface area contributed by atoms with Gasteiger partial charge < -0.3 is 5.32 Å². The Morgan fingerprint density at radius 3 is 3.00 bits per heavy atom. The zero-order valence-electron chi connectivity index (χ0n) is 10.3. The summed E-state index contributed by atoms with van der Waals surface area (Å²) in [4.78, 5) is 16.0. The maximum Gasteiger partial charge on any atom is 0.268 e. The molecule has 0 aliphatic carbocycles. The summed E-state index contributed by atoms with van der Waals surface area (Å²) in [5.41, 5.74) is 0.915. The summed E-state index contributed by atoms with van der Waals surface area (Å²) < 4.78 is 2.11. The molecule has 1 aromatic rings. The van der Waals surface area contributed by atoms with E-state index in [0.29, 0.717) is 16.8 Å². The molecule has 0 spiro atoms. The quantitative estimate of drug-likeness (QED) is 0.644. The molecule has 0 unspecified atom stereocenters. The van der Waals surface area contributed by atoms with Crippen molar-refractivity contribution in [2.75, 3.05) is 13.1 Å². The second-order valence-corrected chi connectivity index (χ2v) is 4.83. The van der Waals surface area contributed by atoms with Gasteiger partial charge in [-0.25, -0.2) is 4.98 Å². The van der Waals surface area contributed by atoms with Crippen molar-refractivity contribution < 1.29 is 0 Å². The van der Waals surface area contributed by atoms with E-state index in [9.17, 15) is 4.79 Å². The van der Waals surface area contributed by atoms with Crippen LogP contribution in [0.15, 0.2) is 27.6 Å². The zero-order valence-corrected chi connectivity index (χ0v) is 11.9. The van der Waals surface area contributed by atoms with E-state index in [2.05, 4.69) is 39.7 Å². The summed E-state index contributed by atoms with van der Waals surface area (Å²) in [6, 6.07) is 0. The van der Waals surface area contributed by atoms with Crippen molar-refractivity contribution in [3.8, 4) is 0 Å². The number of hydrogen-bond donors (Lipinski definition) is 1. The molecule has 1 rings (SSSR count). The van der Waals surface area contributed by atoms with Crippen LogP contribution in [0.3, 0.4) is 0 Å². The topological polar surface area (TPSA) is 46.9 Å². The number of aromatic nitrogens is 2. The fourth-order valence-electron chi connectivity index (χ4n) is 1.46. The highest BCUT2D eigenvalue weighted by Crippen LogP contribution is 2.03. The fraction of sp³-hybridized carbons (Fsp3) is 0.500. The Balaban J connectivity index is 2.71. The summed E-state index contributed by atoms with van der Waals surface area (Å²) in [5, 5.41) is 3.26. The molecule has 0 saturated carbocycles. The average Bonchev–Trinajstić information content (AvgIpc) is 2.30. The Bertz CT molecular complexity index is 454. The molecule has 4 nitrogen and oxygen atoms in total. The molecule has 0 aliphatic rings. The molecular formula is C12H18BrN3O. The van der Waals surface area contributed by atoms with Gasteiger partial charge in [0.2, 0.25) is 0 Å². The minimum atomic E-state index is -0.0610. The summed E-state index contributed by atoms with van der Waals surface area (Å²) >= 11 is 3.19. The van der Waals surface area contributed by atoms with Gasteiger partial charge in [0, 0.05) is 19.3 Å². The van der Waals surface area contributed by atoms with Crippen LogP contribution >= 0.6 is 15.9 Å². The molecule has 0 amide bonds. The lowest BCUT2D eigenvalue weighted by Crippen LogP contribution is -2.27. The molecule has 17 heavy (non-hydrogen) atoms. The summed E-state index contributed by atoms with van der Waals surface area (Å²) in [7, 11) is 0. The summed E-state index contributed by atoms with van der Waals surface area (Å²) in [5.74, 6) is 0.704. The third-order valence-corrected chi connectivity index (χ3v) is 2.93. The molecule has 0 bridgehead atoms. The Hall–Kier alpha value is -0.940. The molecule has 0 atom stereocenters. The van der Waals surface area contributed by atoms with Crippen LogP contribution in [0.25, 0.3) is 0 Å². The van der Waals surface area contributed by atoms with Gasteiger partial charge in [-0.05, 0) is 41.4 Å². The van der Waals surface area contributed by atoms with Crippen LogP contribution < -0.4 is 10.9 Å². The van der Waals surface area contributed by atoms with E-state index in [1.165, 1.54) is 6.20 Å². The molecule has 5 heteroatoms. The van der Waals surface area contributed by atoms with E-state index in [1.54, 1.807) is 4.57 Å². The van der Waals surface area contributed by atoms with Crippen LogP contribution in [-0.4, -0.2) is 22.6 Å². The van der Waals surface area contributed by atoms with Gasteiger partial charge in [0.15, 0.2) is 0 Å². The van der Waals surface area contributed by atoms with E-state index in [0.717, 1.165) is 25.1 Å². The smallest absolute Gasteiger partial charge is 0.268 e. The SMILES string of the molecule is C=C(CNCCC)Cn1c(C)ncc(Br)c1=O. The van der Waals surface area contributed by atoms with Gasteiger partial charge in [-0.15, -0.1) is 0 Å². The first-order valence-electron chi connectivity index (χ1n) is 5.65. The third-order valence-electron chi connectivity index (χ3n) is 2.39. The molecule has 1 aromatic heterocycles. The van der Waals surface area contributed by atoms with E-state index >= 15 is 0 Å². The van der Waals surface area contributed by atoms with Crippen LogP contribution in [0.4, 0.5) is 0 Å². The molecular weight excluding hydrogens is 282 g/mol. The minimum Gasteiger partial charge on any atom is -0.313 e. The average molecular weight is 300 g/mol. The van der Waals surface area contributed by atoms with E-state index in [4.69, 9.17) is 0 Å². The first-order valence-corrected chi connectivity index (χ1v) is 6.44. The van der Waals surface area contributed by atoms with E-state index in [-0.39, 0.29) is 5.56 Å². The fourth-order valence-corrected chi connectivity index (χ4v) is 1.77. The van der Waals surface area contributed by atoms with Gasteiger partial charge in [-0.3, -0.25) is 9.36 Å². The Labute approximate surface area is 110 Å². The molecule has 0 radical (unpaired) electrons. The van der Waals surface area contributed by atoms with E-state index in [1.807, 2.05) is 6.92 Å². The number of rotatable bonds is 6. The molecule has 0 saturated heterocycles.